The first-order chi connectivity index (χ1) is 12.3. The summed E-state index contributed by atoms with van der Waals surface area (Å²) < 4.78 is 11.4. The van der Waals surface area contributed by atoms with E-state index >= 15 is 0 Å². The summed E-state index contributed by atoms with van der Waals surface area (Å²) in [5.74, 6) is 2.40. The number of guanidine groups is 1. The van der Waals surface area contributed by atoms with Crippen molar-refractivity contribution in [3.8, 4) is 11.5 Å². The van der Waals surface area contributed by atoms with Gasteiger partial charge in [0.15, 0.2) is 17.5 Å². The lowest BCUT2D eigenvalue weighted by Gasteiger charge is -2.16. The summed E-state index contributed by atoms with van der Waals surface area (Å²) in [6.07, 6.45) is 6.03. The van der Waals surface area contributed by atoms with Crippen LogP contribution in [0.2, 0.25) is 0 Å². The Balaban J connectivity index is 1.41. The fourth-order valence-electron chi connectivity index (χ4n) is 3.23. The number of likely N-dealkylation sites (tertiary alicyclic amines) is 1. The number of nitrogens with one attached hydrogen (secondary N) is 2. The van der Waals surface area contributed by atoms with Gasteiger partial charge in [-0.15, -0.1) is 0 Å². The molecule has 25 heavy (non-hydrogen) atoms. The summed E-state index contributed by atoms with van der Waals surface area (Å²) in [5.41, 5.74) is 0.953. The van der Waals surface area contributed by atoms with Crippen molar-refractivity contribution in [1.82, 2.24) is 10.2 Å². The number of benzene rings is 1. The third-order valence-electron chi connectivity index (χ3n) is 4.63. The topological polar surface area (TPSA) is 58.1 Å². The van der Waals surface area contributed by atoms with Crippen LogP contribution in [0, 0.1) is 0 Å². The van der Waals surface area contributed by atoms with E-state index in [1.807, 2.05) is 18.2 Å². The number of rotatable bonds is 6. The van der Waals surface area contributed by atoms with Crippen molar-refractivity contribution >= 4 is 11.6 Å². The SMILES string of the molecule is CN=C(NCCCCN1CCCC1)Nc1ccc2c(c1)OCCCO2. The normalized spacial score (nSPS) is 18.0. The molecule has 0 aromatic heterocycles. The first-order valence-electron chi connectivity index (χ1n) is 9.45. The van der Waals surface area contributed by atoms with E-state index in [1.165, 1.54) is 38.9 Å². The van der Waals surface area contributed by atoms with Gasteiger partial charge in [-0.05, 0) is 57.5 Å². The van der Waals surface area contributed by atoms with E-state index in [4.69, 9.17) is 9.47 Å². The molecule has 2 aliphatic rings. The number of ether oxygens (including phenoxy) is 2. The Morgan fingerprint density at radius 3 is 2.68 bits per heavy atom. The molecule has 6 heteroatoms. The number of nitrogens with zero attached hydrogens (tertiary/aromatic N) is 2. The lowest BCUT2D eigenvalue weighted by Crippen LogP contribution is -2.32. The van der Waals surface area contributed by atoms with Crippen LogP contribution in [0.25, 0.3) is 0 Å². The van der Waals surface area contributed by atoms with Crippen LogP contribution in [-0.2, 0) is 0 Å². The molecule has 2 N–H and O–H groups in total. The Labute approximate surface area is 150 Å². The van der Waals surface area contributed by atoms with E-state index in [0.29, 0.717) is 13.2 Å². The molecule has 1 fully saturated rings. The Hall–Kier alpha value is -1.95. The van der Waals surface area contributed by atoms with Gasteiger partial charge >= 0.3 is 0 Å². The lowest BCUT2D eigenvalue weighted by atomic mass is 10.2. The molecular weight excluding hydrogens is 316 g/mol. The molecule has 0 aliphatic carbocycles. The molecular formula is C19H30N4O2. The standard InChI is InChI=1S/C19H30N4O2/c1-20-19(21-9-2-3-10-23-11-4-5-12-23)22-16-7-8-17-18(15-16)25-14-6-13-24-17/h7-8,15H,2-6,9-14H2,1H3,(H2,20,21,22). The van der Waals surface area contributed by atoms with Gasteiger partial charge in [-0.3, -0.25) is 4.99 Å². The summed E-state index contributed by atoms with van der Waals surface area (Å²) in [6, 6.07) is 5.92. The van der Waals surface area contributed by atoms with Crippen LogP contribution >= 0.6 is 0 Å². The van der Waals surface area contributed by atoms with E-state index in [-0.39, 0.29) is 0 Å². The molecule has 0 bridgehead atoms. The van der Waals surface area contributed by atoms with E-state index in [9.17, 15) is 0 Å². The molecule has 6 nitrogen and oxygen atoms in total. The molecule has 3 rings (SSSR count). The van der Waals surface area contributed by atoms with Gasteiger partial charge in [0.05, 0.1) is 13.2 Å². The van der Waals surface area contributed by atoms with E-state index in [1.54, 1.807) is 7.05 Å². The maximum Gasteiger partial charge on any atom is 0.195 e. The van der Waals surface area contributed by atoms with Gasteiger partial charge in [0.1, 0.15) is 0 Å². The number of hydrogen-bond acceptors (Lipinski definition) is 4. The highest BCUT2D eigenvalue weighted by Crippen LogP contribution is 2.32. The van der Waals surface area contributed by atoms with Gasteiger partial charge in [0.25, 0.3) is 0 Å². The highest BCUT2D eigenvalue weighted by molar-refractivity contribution is 5.93. The predicted octanol–water partition coefficient (Wildman–Crippen LogP) is 2.71. The van der Waals surface area contributed by atoms with Crippen molar-refractivity contribution in [2.24, 2.45) is 4.99 Å². The van der Waals surface area contributed by atoms with Crippen LogP contribution in [0.3, 0.4) is 0 Å². The maximum absolute atomic E-state index is 5.74. The van der Waals surface area contributed by atoms with Gasteiger partial charge in [-0.1, -0.05) is 0 Å². The first-order valence-corrected chi connectivity index (χ1v) is 9.45. The zero-order valence-corrected chi connectivity index (χ0v) is 15.2. The largest absolute Gasteiger partial charge is 0.490 e. The molecule has 0 saturated carbocycles. The molecule has 0 atom stereocenters. The van der Waals surface area contributed by atoms with Crippen LogP contribution in [0.15, 0.2) is 23.2 Å². The zero-order valence-electron chi connectivity index (χ0n) is 15.2. The smallest absolute Gasteiger partial charge is 0.195 e. The minimum absolute atomic E-state index is 0.695. The average molecular weight is 346 g/mol. The van der Waals surface area contributed by atoms with Crippen molar-refractivity contribution in [2.75, 3.05) is 51.8 Å². The van der Waals surface area contributed by atoms with E-state index in [2.05, 4.69) is 20.5 Å². The molecule has 138 valence electrons. The third-order valence-corrected chi connectivity index (χ3v) is 4.63. The minimum Gasteiger partial charge on any atom is -0.490 e. The van der Waals surface area contributed by atoms with Crippen LogP contribution in [0.1, 0.15) is 32.1 Å². The summed E-state index contributed by atoms with van der Waals surface area (Å²) in [4.78, 5) is 6.86. The Morgan fingerprint density at radius 2 is 1.88 bits per heavy atom. The van der Waals surface area contributed by atoms with Gasteiger partial charge in [-0.2, -0.15) is 0 Å². The molecule has 2 aliphatic heterocycles. The summed E-state index contributed by atoms with van der Waals surface area (Å²) in [6.45, 7) is 6.11. The molecule has 1 saturated heterocycles. The van der Waals surface area contributed by atoms with E-state index < -0.39 is 0 Å². The Bertz CT molecular complexity index is 571. The van der Waals surface area contributed by atoms with Crippen molar-refractivity contribution in [2.45, 2.75) is 32.1 Å². The highest BCUT2D eigenvalue weighted by Gasteiger charge is 2.12. The van der Waals surface area contributed by atoms with Crippen molar-refractivity contribution < 1.29 is 9.47 Å². The number of anilines is 1. The summed E-state index contributed by atoms with van der Waals surface area (Å²) in [5, 5.41) is 6.71. The number of hydrogen-bond donors (Lipinski definition) is 2. The van der Waals surface area contributed by atoms with Gasteiger partial charge in [-0.25, -0.2) is 0 Å². The van der Waals surface area contributed by atoms with Crippen molar-refractivity contribution in [3.05, 3.63) is 18.2 Å². The monoisotopic (exact) mass is 346 g/mol. The summed E-state index contributed by atoms with van der Waals surface area (Å²) >= 11 is 0. The van der Waals surface area contributed by atoms with Gasteiger partial charge < -0.3 is 25.0 Å². The third kappa shape index (κ3) is 5.53. The maximum atomic E-state index is 5.74. The van der Waals surface area contributed by atoms with Crippen LogP contribution in [0.4, 0.5) is 5.69 Å². The second kappa shape index (κ2) is 9.51. The fourth-order valence-corrected chi connectivity index (χ4v) is 3.23. The molecule has 0 amide bonds. The summed E-state index contributed by atoms with van der Waals surface area (Å²) in [7, 11) is 1.79. The second-order valence-electron chi connectivity index (χ2n) is 6.59. The second-order valence-corrected chi connectivity index (χ2v) is 6.59. The number of aliphatic imine (C=N–C) groups is 1. The molecule has 2 heterocycles. The molecule has 0 radical (unpaired) electrons. The minimum atomic E-state index is 0.695. The predicted molar refractivity (Wildman–Crippen MR) is 102 cm³/mol. The molecule has 0 spiro atoms. The molecule has 1 aromatic carbocycles. The lowest BCUT2D eigenvalue weighted by molar-refractivity contribution is 0.297. The first kappa shape index (κ1) is 17.9. The molecule has 0 unspecified atom stereocenters. The quantitative estimate of drug-likeness (QED) is 0.471. The Morgan fingerprint density at radius 1 is 1.08 bits per heavy atom. The zero-order chi connectivity index (χ0) is 17.3. The number of fused-ring (bicyclic) bond motifs is 1. The van der Waals surface area contributed by atoms with Gasteiger partial charge in [0.2, 0.25) is 0 Å². The fraction of sp³-hybridized carbons (Fsp3) is 0.632. The van der Waals surface area contributed by atoms with Crippen molar-refractivity contribution in [1.29, 1.82) is 0 Å². The van der Waals surface area contributed by atoms with E-state index in [0.717, 1.165) is 42.5 Å². The van der Waals surface area contributed by atoms with Crippen LogP contribution in [-0.4, -0.2) is 57.3 Å². The highest BCUT2D eigenvalue weighted by atomic mass is 16.5. The number of unbranched alkanes of at least 4 members (excludes halogenated alkanes) is 1. The van der Waals surface area contributed by atoms with Gasteiger partial charge in [0, 0.05) is 31.8 Å². The van der Waals surface area contributed by atoms with Crippen molar-refractivity contribution in [3.63, 3.8) is 0 Å². The van der Waals surface area contributed by atoms with Crippen LogP contribution in [0.5, 0.6) is 11.5 Å². The average Bonchev–Trinajstić information content (AvgIpc) is 3.04. The van der Waals surface area contributed by atoms with Crippen LogP contribution < -0.4 is 20.1 Å². The molecule has 1 aromatic rings. The Kier molecular flexibility index (Phi) is 6.79.